The van der Waals surface area contributed by atoms with E-state index in [2.05, 4.69) is 4.99 Å². The third kappa shape index (κ3) is 4.19. The minimum Gasteiger partial charge on any atom is -0.497 e. The molecule has 6 nitrogen and oxygen atoms in total. The summed E-state index contributed by atoms with van der Waals surface area (Å²) in [4.78, 5) is 18.6. The summed E-state index contributed by atoms with van der Waals surface area (Å²) < 4.78 is 19.4. The van der Waals surface area contributed by atoms with Crippen molar-refractivity contribution in [3.05, 3.63) is 65.0 Å². The van der Waals surface area contributed by atoms with Crippen LogP contribution in [0.25, 0.3) is 21.0 Å². The Labute approximate surface area is 184 Å². The van der Waals surface area contributed by atoms with Crippen molar-refractivity contribution in [2.75, 3.05) is 27.4 Å². The van der Waals surface area contributed by atoms with Gasteiger partial charge in [0.2, 0.25) is 0 Å². The number of carbonyl (C=O) groups excluding carboxylic acids is 1. The van der Waals surface area contributed by atoms with Gasteiger partial charge >= 0.3 is 0 Å². The molecule has 4 rings (SSSR count). The van der Waals surface area contributed by atoms with Crippen molar-refractivity contribution in [2.24, 2.45) is 4.99 Å². The fourth-order valence-electron chi connectivity index (χ4n) is 3.56. The average molecular weight is 437 g/mol. The number of benzene rings is 3. The van der Waals surface area contributed by atoms with Crippen LogP contribution >= 0.6 is 11.3 Å². The molecule has 3 aromatic carbocycles. The molecule has 0 aliphatic heterocycles. The highest BCUT2D eigenvalue weighted by Gasteiger charge is 2.17. The summed E-state index contributed by atoms with van der Waals surface area (Å²) in [7, 11) is 3.29. The smallest absolute Gasteiger partial charge is 0.284 e. The Kier molecular flexibility index (Phi) is 6.34. The quantitative estimate of drug-likeness (QED) is 0.423. The molecule has 0 fully saturated rings. The number of ether oxygens (including phenoxy) is 3. The van der Waals surface area contributed by atoms with Gasteiger partial charge in [-0.2, -0.15) is 4.99 Å². The van der Waals surface area contributed by atoms with Crippen molar-refractivity contribution in [3.8, 4) is 11.5 Å². The number of nitrogens with zero attached hydrogens (tertiary/aromatic N) is 2. The number of thiazole rings is 1. The van der Waals surface area contributed by atoms with Gasteiger partial charge in [-0.1, -0.05) is 41.7 Å². The SMILES string of the molecule is CCOc1ccc2ccccc2c1C(=O)N=c1sc2cc(OC)ccc2n1CCOC. The van der Waals surface area contributed by atoms with Gasteiger partial charge in [0.1, 0.15) is 11.5 Å². The predicted octanol–water partition coefficient (Wildman–Crippen LogP) is 4.65. The first-order valence-electron chi connectivity index (χ1n) is 10.1. The molecule has 1 aromatic heterocycles. The lowest BCUT2D eigenvalue weighted by atomic mass is 10.0. The first kappa shape index (κ1) is 21.1. The lowest BCUT2D eigenvalue weighted by Gasteiger charge is -2.11. The second-order valence-electron chi connectivity index (χ2n) is 6.87. The maximum Gasteiger partial charge on any atom is 0.284 e. The van der Waals surface area contributed by atoms with E-state index in [0.29, 0.717) is 35.9 Å². The summed E-state index contributed by atoms with van der Waals surface area (Å²) in [6.45, 7) is 3.47. The molecule has 0 radical (unpaired) electrons. The molecule has 1 amide bonds. The second-order valence-corrected chi connectivity index (χ2v) is 7.88. The molecule has 0 bridgehead atoms. The van der Waals surface area contributed by atoms with E-state index in [1.807, 2.05) is 66.1 Å². The van der Waals surface area contributed by atoms with Crippen LogP contribution < -0.4 is 14.3 Å². The van der Waals surface area contributed by atoms with Crippen LogP contribution in [0.5, 0.6) is 11.5 Å². The van der Waals surface area contributed by atoms with Crippen LogP contribution in [0.3, 0.4) is 0 Å². The van der Waals surface area contributed by atoms with Crippen LogP contribution in [0.4, 0.5) is 0 Å². The summed E-state index contributed by atoms with van der Waals surface area (Å²) >= 11 is 1.45. The highest BCUT2D eigenvalue weighted by Crippen LogP contribution is 2.29. The predicted molar refractivity (Wildman–Crippen MR) is 123 cm³/mol. The molecule has 0 aliphatic rings. The van der Waals surface area contributed by atoms with Gasteiger partial charge in [-0.25, -0.2) is 0 Å². The Balaban J connectivity index is 1.90. The maximum atomic E-state index is 13.4. The molecule has 0 saturated carbocycles. The monoisotopic (exact) mass is 436 g/mol. The lowest BCUT2D eigenvalue weighted by molar-refractivity contribution is 0.0995. The zero-order chi connectivity index (χ0) is 21.8. The summed E-state index contributed by atoms with van der Waals surface area (Å²) in [5.41, 5.74) is 1.46. The molecule has 0 aliphatic carbocycles. The molecular weight excluding hydrogens is 412 g/mol. The zero-order valence-corrected chi connectivity index (χ0v) is 18.6. The molecular formula is C24H24N2O4S. The van der Waals surface area contributed by atoms with Crippen LogP contribution in [-0.2, 0) is 11.3 Å². The van der Waals surface area contributed by atoms with E-state index in [4.69, 9.17) is 14.2 Å². The molecule has 0 N–H and O–H groups in total. The fraction of sp³-hybridized carbons (Fsp3) is 0.250. The van der Waals surface area contributed by atoms with E-state index in [-0.39, 0.29) is 5.91 Å². The Hall–Kier alpha value is -3.16. The van der Waals surface area contributed by atoms with E-state index >= 15 is 0 Å². The molecule has 1 heterocycles. The van der Waals surface area contributed by atoms with Crippen molar-refractivity contribution in [1.29, 1.82) is 0 Å². The van der Waals surface area contributed by atoms with Gasteiger partial charge in [-0.15, -0.1) is 0 Å². The number of aromatic nitrogens is 1. The number of carbonyl (C=O) groups is 1. The van der Waals surface area contributed by atoms with E-state index in [1.54, 1.807) is 14.2 Å². The summed E-state index contributed by atoms with van der Waals surface area (Å²) in [6.07, 6.45) is 0. The molecule has 4 aromatic rings. The number of hydrogen-bond donors (Lipinski definition) is 0. The van der Waals surface area contributed by atoms with Gasteiger partial charge < -0.3 is 18.8 Å². The van der Waals surface area contributed by atoms with Crippen LogP contribution in [0.2, 0.25) is 0 Å². The van der Waals surface area contributed by atoms with Crippen LogP contribution in [0, 0.1) is 0 Å². The van der Waals surface area contributed by atoms with Gasteiger partial charge in [0.05, 0.1) is 36.1 Å². The highest BCUT2D eigenvalue weighted by molar-refractivity contribution is 7.16. The average Bonchev–Trinajstić information content (AvgIpc) is 3.13. The van der Waals surface area contributed by atoms with E-state index in [0.717, 1.165) is 26.7 Å². The topological polar surface area (TPSA) is 62.0 Å². The number of rotatable bonds is 7. The third-order valence-corrected chi connectivity index (χ3v) is 6.05. The third-order valence-electron chi connectivity index (χ3n) is 5.01. The molecule has 7 heteroatoms. The van der Waals surface area contributed by atoms with Crippen molar-refractivity contribution < 1.29 is 19.0 Å². The van der Waals surface area contributed by atoms with E-state index < -0.39 is 0 Å². The Morgan fingerprint density at radius 2 is 1.94 bits per heavy atom. The summed E-state index contributed by atoms with van der Waals surface area (Å²) in [6, 6.07) is 17.4. The van der Waals surface area contributed by atoms with Crippen molar-refractivity contribution in [2.45, 2.75) is 13.5 Å². The maximum absolute atomic E-state index is 13.4. The molecule has 31 heavy (non-hydrogen) atoms. The van der Waals surface area contributed by atoms with Crippen LogP contribution in [0.15, 0.2) is 59.6 Å². The van der Waals surface area contributed by atoms with Crippen LogP contribution in [0.1, 0.15) is 17.3 Å². The van der Waals surface area contributed by atoms with Gasteiger partial charge in [0, 0.05) is 13.7 Å². The van der Waals surface area contributed by atoms with E-state index in [9.17, 15) is 4.79 Å². The largest absolute Gasteiger partial charge is 0.497 e. The van der Waals surface area contributed by atoms with Gasteiger partial charge in [0.25, 0.3) is 5.91 Å². The van der Waals surface area contributed by atoms with Crippen LogP contribution in [-0.4, -0.2) is 37.9 Å². The Morgan fingerprint density at radius 3 is 2.71 bits per heavy atom. The van der Waals surface area contributed by atoms with Crippen molar-refractivity contribution in [1.82, 2.24) is 4.57 Å². The highest BCUT2D eigenvalue weighted by atomic mass is 32.1. The number of methoxy groups -OCH3 is 2. The Morgan fingerprint density at radius 1 is 1.10 bits per heavy atom. The van der Waals surface area contributed by atoms with E-state index in [1.165, 1.54) is 11.3 Å². The summed E-state index contributed by atoms with van der Waals surface area (Å²) in [5, 5.41) is 1.80. The first-order valence-corrected chi connectivity index (χ1v) is 10.9. The summed E-state index contributed by atoms with van der Waals surface area (Å²) in [5.74, 6) is 0.976. The number of amides is 1. The number of hydrogen-bond acceptors (Lipinski definition) is 5. The van der Waals surface area contributed by atoms with Gasteiger partial charge in [0.15, 0.2) is 4.80 Å². The standard InChI is InChI=1S/C24H24N2O4S/c1-4-30-20-12-9-16-7-5-6-8-18(16)22(20)23(27)25-24-26(13-14-28-2)19-11-10-17(29-3)15-21(19)31-24/h5-12,15H,4,13-14H2,1-3H3. The van der Waals surface area contributed by atoms with Crippen molar-refractivity contribution >= 4 is 38.2 Å². The van der Waals surface area contributed by atoms with Gasteiger partial charge in [-0.05, 0) is 42.0 Å². The minimum absolute atomic E-state index is 0.329. The minimum atomic E-state index is -0.329. The molecule has 0 spiro atoms. The lowest BCUT2D eigenvalue weighted by Crippen LogP contribution is -2.19. The zero-order valence-electron chi connectivity index (χ0n) is 17.8. The molecule has 0 atom stereocenters. The molecule has 160 valence electrons. The number of fused-ring (bicyclic) bond motifs is 2. The Bertz CT molecular complexity index is 1310. The second kappa shape index (κ2) is 9.32. The molecule has 0 saturated heterocycles. The van der Waals surface area contributed by atoms with Gasteiger partial charge in [-0.3, -0.25) is 4.79 Å². The normalized spacial score (nSPS) is 11.9. The first-order chi connectivity index (χ1) is 15.2. The van der Waals surface area contributed by atoms with Crippen molar-refractivity contribution in [3.63, 3.8) is 0 Å². The fourth-order valence-corrected chi connectivity index (χ4v) is 4.64. The molecule has 0 unspecified atom stereocenters.